The number of nitrogens with two attached hydrogens (primary N) is 1. The number of rotatable bonds is 3. The van der Waals surface area contributed by atoms with Crippen molar-refractivity contribution in [3.05, 3.63) is 46.2 Å². The molecule has 2 aromatic rings. The van der Waals surface area contributed by atoms with Crippen molar-refractivity contribution >= 4 is 44.6 Å². The minimum absolute atomic E-state index is 0.0859. The van der Waals surface area contributed by atoms with Crippen LogP contribution in [-0.4, -0.2) is 13.4 Å². The van der Waals surface area contributed by atoms with Crippen LogP contribution in [-0.2, 0) is 10.0 Å². The van der Waals surface area contributed by atoms with Gasteiger partial charge < -0.3 is 5.73 Å². The topological polar surface area (TPSA) is 85.1 Å². The molecule has 0 fully saturated rings. The zero-order valence-corrected chi connectivity index (χ0v) is 12.7. The van der Waals surface area contributed by atoms with Gasteiger partial charge in [0.15, 0.2) is 0 Å². The highest BCUT2D eigenvalue weighted by Crippen LogP contribution is 2.28. The molecule has 0 radical (unpaired) electrons. The van der Waals surface area contributed by atoms with Crippen molar-refractivity contribution in [1.29, 1.82) is 0 Å². The first-order chi connectivity index (χ1) is 9.29. The Balaban J connectivity index is 2.40. The predicted octanol–water partition coefficient (Wildman–Crippen LogP) is 3.08. The average Bonchev–Trinajstić information content (AvgIpc) is 2.36. The summed E-state index contributed by atoms with van der Waals surface area (Å²) < 4.78 is 26.9. The van der Waals surface area contributed by atoms with Crippen molar-refractivity contribution in [2.24, 2.45) is 0 Å². The molecule has 2 rings (SSSR count). The van der Waals surface area contributed by atoms with E-state index in [1.165, 1.54) is 30.5 Å². The summed E-state index contributed by atoms with van der Waals surface area (Å²) >= 11 is 11.6. The third kappa shape index (κ3) is 3.15. The molecule has 0 aliphatic heterocycles. The van der Waals surface area contributed by atoms with Crippen LogP contribution in [0.1, 0.15) is 5.56 Å². The van der Waals surface area contributed by atoms with Crippen molar-refractivity contribution in [2.45, 2.75) is 11.8 Å². The Morgan fingerprint density at radius 3 is 2.55 bits per heavy atom. The molecule has 106 valence electrons. The number of benzene rings is 1. The quantitative estimate of drug-likeness (QED) is 0.668. The molecule has 0 aliphatic carbocycles. The lowest BCUT2D eigenvalue weighted by Crippen LogP contribution is -2.14. The zero-order valence-electron chi connectivity index (χ0n) is 10.4. The zero-order chi connectivity index (χ0) is 14.9. The first-order valence-corrected chi connectivity index (χ1v) is 7.73. The van der Waals surface area contributed by atoms with E-state index in [1.807, 2.05) is 0 Å². The largest absolute Gasteiger partial charge is 0.398 e. The number of aryl methyl sites for hydroxylation is 1. The molecule has 3 N–H and O–H groups in total. The normalized spacial score (nSPS) is 11.3. The molecule has 0 amide bonds. The maximum absolute atomic E-state index is 12.3. The van der Waals surface area contributed by atoms with E-state index >= 15 is 0 Å². The van der Waals surface area contributed by atoms with Gasteiger partial charge in [-0.2, -0.15) is 0 Å². The highest BCUT2D eigenvalue weighted by Gasteiger charge is 2.19. The predicted molar refractivity (Wildman–Crippen MR) is 80.7 cm³/mol. The standard InChI is InChI=1S/C12H11Cl2N3O2S/c1-7-4-9(13)11(5-10(7)15)20(18,19)17-8-2-3-12(14)16-6-8/h2-6,17H,15H2,1H3. The fourth-order valence-corrected chi connectivity index (χ4v) is 3.29. The second kappa shape index (κ2) is 5.47. The Kier molecular flexibility index (Phi) is 4.08. The lowest BCUT2D eigenvalue weighted by atomic mass is 10.2. The molecule has 8 heteroatoms. The lowest BCUT2D eigenvalue weighted by Gasteiger charge is -2.11. The molecule has 1 aromatic carbocycles. The summed E-state index contributed by atoms with van der Waals surface area (Å²) in [5.74, 6) is 0. The number of anilines is 2. The third-order valence-electron chi connectivity index (χ3n) is 2.59. The van der Waals surface area contributed by atoms with Crippen molar-refractivity contribution in [1.82, 2.24) is 4.98 Å². The molecule has 0 saturated carbocycles. The summed E-state index contributed by atoms with van der Waals surface area (Å²) in [5.41, 5.74) is 7.06. The summed E-state index contributed by atoms with van der Waals surface area (Å²) in [7, 11) is -3.84. The summed E-state index contributed by atoms with van der Waals surface area (Å²) in [6.07, 6.45) is 1.31. The molecular weight excluding hydrogens is 321 g/mol. The number of hydrogen-bond donors (Lipinski definition) is 2. The van der Waals surface area contributed by atoms with Gasteiger partial charge in [-0.25, -0.2) is 13.4 Å². The van der Waals surface area contributed by atoms with Gasteiger partial charge in [0.1, 0.15) is 10.0 Å². The Morgan fingerprint density at radius 1 is 1.25 bits per heavy atom. The molecule has 1 aromatic heterocycles. The highest BCUT2D eigenvalue weighted by atomic mass is 35.5. The van der Waals surface area contributed by atoms with Crippen molar-refractivity contribution in [3.8, 4) is 0 Å². The number of sulfonamides is 1. The smallest absolute Gasteiger partial charge is 0.263 e. The molecule has 0 unspecified atom stereocenters. The van der Waals surface area contributed by atoms with E-state index in [9.17, 15) is 8.42 Å². The second-order valence-corrected chi connectivity index (χ2v) is 6.56. The van der Waals surface area contributed by atoms with E-state index in [4.69, 9.17) is 28.9 Å². The first kappa shape index (κ1) is 14.9. The van der Waals surface area contributed by atoms with Crippen molar-refractivity contribution in [2.75, 3.05) is 10.5 Å². The lowest BCUT2D eigenvalue weighted by molar-refractivity contribution is 0.601. The van der Waals surface area contributed by atoms with Crippen LogP contribution in [0.5, 0.6) is 0 Å². The minimum atomic E-state index is -3.84. The highest BCUT2D eigenvalue weighted by molar-refractivity contribution is 7.92. The van der Waals surface area contributed by atoms with Gasteiger partial charge in [-0.1, -0.05) is 23.2 Å². The summed E-state index contributed by atoms with van der Waals surface area (Å²) in [5, 5.41) is 0.372. The van der Waals surface area contributed by atoms with Gasteiger partial charge in [0, 0.05) is 5.69 Å². The van der Waals surface area contributed by atoms with Gasteiger partial charge in [-0.3, -0.25) is 4.72 Å². The maximum atomic E-state index is 12.3. The Labute approximate surface area is 126 Å². The van der Waals surface area contributed by atoms with Crippen LogP contribution in [0.2, 0.25) is 10.2 Å². The number of nitrogens with zero attached hydrogens (tertiary/aromatic N) is 1. The molecule has 1 heterocycles. The number of aromatic nitrogens is 1. The van der Waals surface area contributed by atoms with Gasteiger partial charge in [-0.05, 0) is 36.8 Å². The van der Waals surface area contributed by atoms with E-state index in [1.54, 1.807) is 6.92 Å². The van der Waals surface area contributed by atoms with E-state index in [2.05, 4.69) is 9.71 Å². The number of nitrogens with one attached hydrogen (secondary N) is 1. The first-order valence-electron chi connectivity index (χ1n) is 5.49. The summed E-state index contributed by atoms with van der Waals surface area (Å²) in [6, 6.07) is 5.80. The fraction of sp³-hybridized carbons (Fsp3) is 0.0833. The van der Waals surface area contributed by atoms with E-state index < -0.39 is 10.0 Å². The Bertz CT molecular complexity index is 746. The van der Waals surface area contributed by atoms with Crippen LogP contribution >= 0.6 is 23.2 Å². The fourth-order valence-electron chi connectivity index (χ4n) is 1.52. The van der Waals surface area contributed by atoms with Crippen LogP contribution in [0, 0.1) is 6.92 Å². The molecule has 0 atom stereocenters. The van der Waals surface area contributed by atoms with Gasteiger partial charge in [-0.15, -0.1) is 0 Å². The van der Waals surface area contributed by atoms with Crippen LogP contribution in [0.25, 0.3) is 0 Å². The minimum Gasteiger partial charge on any atom is -0.398 e. The van der Waals surface area contributed by atoms with E-state index in [0.29, 0.717) is 11.3 Å². The number of nitrogen functional groups attached to an aromatic ring is 1. The average molecular weight is 332 g/mol. The van der Waals surface area contributed by atoms with Crippen LogP contribution < -0.4 is 10.5 Å². The van der Waals surface area contributed by atoms with Crippen molar-refractivity contribution in [3.63, 3.8) is 0 Å². The summed E-state index contributed by atoms with van der Waals surface area (Å²) in [4.78, 5) is 3.71. The van der Waals surface area contributed by atoms with Crippen LogP contribution in [0.3, 0.4) is 0 Å². The summed E-state index contributed by atoms with van der Waals surface area (Å²) in [6.45, 7) is 1.74. The second-order valence-electron chi connectivity index (χ2n) is 4.11. The molecule has 0 bridgehead atoms. The van der Waals surface area contributed by atoms with E-state index in [-0.39, 0.29) is 20.8 Å². The van der Waals surface area contributed by atoms with Crippen LogP contribution in [0.15, 0.2) is 35.4 Å². The maximum Gasteiger partial charge on any atom is 0.263 e. The van der Waals surface area contributed by atoms with E-state index in [0.717, 1.165) is 0 Å². The molecule has 5 nitrogen and oxygen atoms in total. The van der Waals surface area contributed by atoms with Crippen molar-refractivity contribution < 1.29 is 8.42 Å². The SMILES string of the molecule is Cc1cc(Cl)c(S(=O)(=O)Nc2ccc(Cl)nc2)cc1N. The number of halogens is 2. The Hall–Kier alpha value is -1.50. The molecular formula is C12H11Cl2N3O2S. The molecule has 0 saturated heterocycles. The number of pyridine rings is 1. The number of hydrogen-bond acceptors (Lipinski definition) is 4. The van der Waals surface area contributed by atoms with Gasteiger partial charge in [0.05, 0.1) is 16.9 Å². The van der Waals surface area contributed by atoms with Gasteiger partial charge in [0.25, 0.3) is 10.0 Å². The molecule has 0 spiro atoms. The third-order valence-corrected chi connectivity index (χ3v) is 4.66. The molecule has 20 heavy (non-hydrogen) atoms. The monoisotopic (exact) mass is 331 g/mol. The van der Waals surface area contributed by atoms with Gasteiger partial charge >= 0.3 is 0 Å². The van der Waals surface area contributed by atoms with Crippen LogP contribution in [0.4, 0.5) is 11.4 Å². The molecule has 0 aliphatic rings. The van der Waals surface area contributed by atoms with Gasteiger partial charge in [0.2, 0.25) is 0 Å². The Morgan fingerprint density at radius 2 is 1.95 bits per heavy atom.